The Hall–Kier alpha value is -1.43. The molecule has 5 heteroatoms. The van der Waals surface area contributed by atoms with E-state index in [1.165, 1.54) is 5.56 Å². The average molecular weight is 317 g/mol. The number of nitrogens with zero attached hydrogens (tertiary/aromatic N) is 2. The molecule has 0 bridgehead atoms. The number of nitrogens with one attached hydrogen (secondary N) is 1. The van der Waals surface area contributed by atoms with Gasteiger partial charge in [-0.05, 0) is 43.8 Å². The van der Waals surface area contributed by atoms with Gasteiger partial charge in [-0.3, -0.25) is 4.90 Å². The third-order valence-electron chi connectivity index (χ3n) is 4.73. The average Bonchev–Trinajstić information content (AvgIpc) is 2.58. The number of piperazine rings is 1. The molecular formula is C18H27N3O2. The van der Waals surface area contributed by atoms with Crippen molar-refractivity contribution in [1.29, 1.82) is 0 Å². The Labute approximate surface area is 138 Å². The Bertz CT molecular complexity index is 480. The molecule has 2 heterocycles. The van der Waals surface area contributed by atoms with Gasteiger partial charge >= 0.3 is 5.97 Å². The second-order valence-electron chi connectivity index (χ2n) is 6.55. The summed E-state index contributed by atoms with van der Waals surface area (Å²) in [5.74, 6) is 0.617. The number of benzene rings is 1. The van der Waals surface area contributed by atoms with Gasteiger partial charge in [-0.2, -0.15) is 0 Å². The van der Waals surface area contributed by atoms with Crippen molar-refractivity contribution in [3.63, 3.8) is 0 Å². The molecule has 126 valence electrons. The predicted molar refractivity (Wildman–Crippen MR) is 89.8 cm³/mol. The van der Waals surface area contributed by atoms with E-state index in [0.29, 0.717) is 6.54 Å². The molecule has 0 aliphatic carbocycles. The summed E-state index contributed by atoms with van der Waals surface area (Å²) < 4.78 is 0. The smallest absolute Gasteiger partial charge is 0.339 e. The standard InChI is InChI=1S/C18H27N3O2/c22-18(23-21-12-8-19-9-13-21)15-20-10-6-17(7-11-20)14-16-4-2-1-3-5-16/h1-5,17,19H,6-15H2. The number of carbonyl (C=O) groups is 1. The van der Waals surface area contributed by atoms with E-state index in [4.69, 9.17) is 4.84 Å². The van der Waals surface area contributed by atoms with Crippen LogP contribution in [-0.2, 0) is 16.1 Å². The molecule has 2 saturated heterocycles. The lowest BCUT2D eigenvalue weighted by Crippen LogP contribution is -2.46. The van der Waals surface area contributed by atoms with E-state index in [2.05, 4.69) is 40.5 Å². The quantitative estimate of drug-likeness (QED) is 0.887. The Morgan fingerprint density at radius 2 is 1.78 bits per heavy atom. The van der Waals surface area contributed by atoms with Gasteiger partial charge in [-0.1, -0.05) is 30.3 Å². The van der Waals surface area contributed by atoms with Crippen molar-refractivity contribution in [1.82, 2.24) is 15.3 Å². The molecule has 0 unspecified atom stereocenters. The van der Waals surface area contributed by atoms with E-state index in [1.807, 2.05) is 0 Å². The van der Waals surface area contributed by atoms with Gasteiger partial charge in [0.2, 0.25) is 0 Å². The predicted octanol–water partition coefficient (Wildman–Crippen LogP) is 1.30. The fraction of sp³-hybridized carbons (Fsp3) is 0.611. The summed E-state index contributed by atoms with van der Waals surface area (Å²) in [6, 6.07) is 10.7. The molecule has 23 heavy (non-hydrogen) atoms. The first-order chi connectivity index (χ1) is 11.3. The van der Waals surface area contributed by atoms with Gasteiger partial charge in [0.25, 0.3) is 0 Å². The van der Waals surface area contributed by atoms with Crippen molar-refractivity contribution in [2.45, 2.75) is 19.3 Å². The van der Waals surface area contributed by atoms with Crippen LogP contribution in [0.25, 0.3) is 0 Å². The van der Waals surface area contributed by atoms with Gasteiger partial charge in [-0.15, -0.1) is 5.06 Å². The van der Waals surface area contributed by atoms with E-state index in [9.17, 15) is 4.79 Å². The molecule has 1 aromatic carbocycles. The van der Waals surface area contributed by atoms with Crippen molar-refractivity contribution in [3.8, 4) is 0 Å². The number of likely N-dealkylation sites (tertiary alicyclic amines) is 1. The zero-order valence-electron chi connectivity index (χ0n) is 13.7. The van der Waals surface area contributed by atoms with Crippen molar-refractivity contribution >= 4 is 5.97 Å². The van der Waals surface area contributed by atoms with Crippen LogP contribution < -0.4 is 5.32 Å². The van der Waals surface area contributed by atoms with Crippen LogP contribution in [0.4, 0.5) is 0 Å². The molecule has 2 aliphatic heterocycles. The zero-order valence-corrected chi connectivity index (χ0v) is 13.7. The summed E-state index contributed by atoms with van der Waals surface area (Å²) in [7, 11) is 0. The molecule has 2 fully saturated rings. The van der Waals surface area contributed by atoms with Gasteiger partial charge in [0.1, 0.15) is 0 Å². The van der Waals surface area contributed by atoms with Crippen LogP contribution >= 0.6 is 0 Å². The molecule has 1 aromatic rings. The molecule has 0 saturated carbocycles. The highest BCUT2D eigenvalue weighted by atomic mass is 16.7. The van der Waals surface area contributed by atoms with Crippen LogP contribution in [0.1, 0.15) is 18.4 Å². The second-order valence-corrected chi connectivity index (χ2v) is 6.55. The van der Waals surface area contributed by atoms with E-state index in [0.717, 1.165) is 64.4 Å². The fourth-order valence-corrected chi connectivity index (χ4v) is 3.39. The topological polar surface area (TPSA) is 44.8 Å². The maximum atomic E-state index is 12.0. The largest absolute Gasteiger partial charge is 0.366 e. The first kappa shape index (κ1) is 16.4. The Morgan fingerprint density at radius 3 is 2.48 bits per heavy atom. The lowest BCUT2D eigenvalue weighted by molar-refractivity contribution is -0.194. The third-order valence-corrected chi connectivity index (χ3v) is 4.73. The van der Waals surface area contributed by atoms with E-state index < -0.39 is 0 Å². The second kappa shape index (κ2) is 8.43. The molecular weight excluding hydrogens is 290 g/mol. The summed E-state index contributed by atoms with van der Waals surface area (Å²) in [6.45, 7) is 5.75. The van der Waals surface area contributed by atoms with E-state index >= 15 is 0 Å². The Kier molecular flexibility index (Phi) is 6.02. The molecule has 1 N–H and O–H groups in total. The first-order valence-electron chi connectivity index (χ1n) is 8.72. The molecule has 5 nitrogen and oxygen atoms in total. The minimum absolute atomic E-state index is 0.117. The number of rotatable bonds is 5. The van der Waals surface area contributed by atoms with Crippen LogP contribution in [0.15, 0.2) is 30.3 Å². The van der Waals surface area contributed by atoms with Crippen LogP contribution in [0.3, 0.4) is 0 Å². The molecule has 2 aliphatic rings. The summed E-state index contributed by atoms with van der Waals surface area (Å²) in [4.78, 5) is 19.7. The van der Waals surface area contributed by atoms with Crippen molar-refractivity contribution < 1.29 is 9.63 Å². The molecule has 0 amide bonds. The maximum Gasteiger partial charge on any atom is 0.339 e. The molecule has 0 radical (unpaired) electrons. The number of hydroxylamine groups is 2. The summed E-state index contributed by atoms with van der Waals surface area (Å²) in [5, 5.41) is 5.03. The van der Waals surface area contributed by atoms with Gasteiger partial charge < -0.3 is 10.2 Å². The van der Waals surface area contributed by atoms with Gasteiger partial charge in [0.15, 0.2) is 0 Å². The number of piperidine rings is 1. The van der Waals surface area contributed by atoms with E-state index in [-0.39, 0.29) is 5.97 Å². The van der Waals surface area contributed by atoms with Crippen LogP contribution in [0, 0.1) is 5.92 Å². The highest BCUT2D eigenvalue weighted by molar-refractivity contribution is 5.71. The van der Waals surface area contributed by atoms with E-state index in [1.54, 1.807) is 5.06 Å². The van der Waals surface area contributed by atoms with Crippen LogP contribution in [-0.4, -0.2) is 61.7 Å². The number of carbonyl (C=O) groups excluding carboxylic acids is 1. The normalized spacial score (nSPS) is 21.2. The molecule has 3 rings (SSSR count). The molecule has 0 spiro atoms. The fourth-order valence-electron chi connectivity index (χ4n) is 3.39. The lowest BCUT2D eigenvalue weighted by atomic mass is 9.90. The highest BCUT2D eigenvalue weighted by Gasteiger charge is 2.23. The van der Waals surface area contributed by atoms with Gasteiger partial charge in [0.05, 0.1) is 6.54 Å². The summed E-state index contributed by atoms with van der Waals surface area (Å²) in [6.07, 6.45) is 3.48. The lowest BCUT2D eigenvalue weighted by Gasteiger charge is -2.32. The third kappa shape index (κ3) is 5.30. The monoisotopic (exact) mass is 317 g/mol. The van der Waals surface area contributed by atoms with Gasteiger partial charge in [-0.25, -0.2) is 4.79 Å². The minimum atomic E-state index is -0.117. The van der Waals surface area contributed by atoms with Crippen molar-refractivity contribution in [2.75, 3.05) is 45.8 Å². The number of hydrogen-bond acceptors (Lipinski definition) is 5. The van der Waals surface area contributed by atoms with Crippen molar-refractivity contribution in [3.05, 3.63) is 35.9 Å². The molecule has 0 aromatic heterocycles. The maximum absolute atomic E-state index is 12.0. The van der Waals surface area contributed by atoms with Crippen LogP contribution in [0.5, 0.6) is 0 Å². The minimum Gasteiger partial charge on any atom is -0.366 e. The Balaban J connectivity index is 1.36. The van der Waals surface area contributed by atoms with Crippen molar-refractivity contribution in [2.24, 2.45) is 5.92 Å². The summed E-state index contributed by atoms with van der Waals surface area (Å²) >= 11 is 0. The SMILES string of the molecule is O=C(CN1CCC(Cc2ccccc2)CC1)ON1CCNCC1. The highest BCUT2D eigenvalue weighted by Crippen LogP contribution is 2.21. The van der Waals surface area contributed by atoms with Crippen LogP contribution in [0.2, 0.25) is 0 Å². The Morgan fingerprint density at radius 1 is 1.09 bits per heavy atom. The number of hydrogen-bond donors (Lipinski definition) is 1. The summed E-state index contributed by atoms with van der Waals surface area (Å²) in [5.41, 5.74) is 1.42. The van der Waals surface area contributed by atoms with Gasteiger partial charge in [0, 0.05) is 26.2 Å². The zero-order chi connectivity index (χ0) is 15.9. The molecule has 0 atom stereocenters. The first-order valence-corrected chi connectivity index (χ1v) is 8.72.